The van der Waals surface area contributed by atoms with Crippen LogP contribution in [0.1, 0.15) is 20.3 Å². The standard InChI is InChI=1S/C22H24N4/c1-3-25(4-2)18-11-13-20-22(15-18)26(17-8-6-5-7-9-17)21-14-16(23)10-12-19(21)24-20/h5-11,13-15H,3-4,12,23H2,1-2H3. The molecule has 0 saturated carbocycles. The maximum Gasteiger partial charge on any atom is 0.0876 e. The van der Waals surface area contributed by atoms with Crippen molar-refractivity contribution in [2.45, 2.75) is 20.3 Å². The molecule has 0 fully saturated rings. The first-order valence-corrected chi connectivity index (χ1v) is 9.20. The monoisotopic (exact) mass is 344 g/mol. The SMILES string of the molecule is CCN(CC)c1ccc2c(c1)N(c1ccccc1)C1=CC(N)=CCC1=N2. The van der Waals surface area contributed by atoms with Crippen LogP contribution in [0, 0.1) is 0 Å². The molecule has 0 unspecified atom stereocenters. The van der Waals surface area contributed by atoms with Gasteiger partial charge in [0.1, 0.15) is 0 Å². The van der Waals surface area contributed by atoms with Gasteiger partial charge in [-0.25, -0.2) is 4.99 Å². The number of aliphatic imine (C=N–C) groups is 1. The Hall–Kier alpha value is -3.01. The van der Waals surface area contributed by atoms with E-state index in [-0.39, 0.29) is 0 Å². The molecule has 0 bridgehead atoms. The zero-order chi connectivity index (χ0) is 18.1. The first-order chi connectivity index (χ1) is 12.7. The van der Waals surface area contributed by atoms with Crippen molar-refractivity contribution in [1.29, 1.82) is 0 Å². The van der Waals surface area contributed by atoms with Gasteiger partial charge in [0, 0.05) is 36.6 Å². The zero-order valence-corrected chi connectivity index (χ0v) is 15.3. The predicted octanol–water partition coefficient (Wildman–Crippen LogP) is 4.89. The van der Waals surface area contributed by atoms with E-state index in [0.29, 0.717) is 0 Å². The molecule has 1 heterocycles. The van der Waals surface area contributed by atoms with Gasteiger partial charge >= 0.3 is 0 Å². The first-order valence-electron chi connectivity index (χ1n) is 9.20. The van der Waals surface area contributed by atoms with Crippen LogP contribution in [0.4, 0.5) is 22.7 Å². The van der Waals surface area contributed by atoms with Gasteiger partial charge in [0.05, 0.1) is 22.8 Å². The third-order valence-corrected chi connectivity index (χ3v) is 4.97. The second kappa shape index (κ2) is 6.71. The van der Waals surface area contributed by atoms with Crippen LogP contribution in [0.15, 0.2) is 77.1 Å². The second-order valence-electron chi connectivity index (χ2n) is 6.51. The summed E-state index contributed by atoms with van der Waals surface area (Å²) in [5.74, 6) is 0. The van der Waals surface area contributed by atoms with E-state index in [4.69, 9.17) is 10.7 Å². The highest BCUT2D eigenvalue weighted by atomic mass is 15.2. The van der Waals surface area contributed by atoms with Gasteiger partial charge in [0.2, 0.25) is 0 Å². The third-order valence-electron chi connectivity index (χ3n) is 4.97. The van der Waals surface area contributed by atoms with Crippen LogP contribution in [-0.2, 0) is 0 Å². The Balaban J connectivity index is 1.91. The fourth-order valence-electron chi connectivity index (χ4n) is 3.62. The molecule has 0 saturated heterocycles. The molecule has 1 aliphatic carbocycles. The van der Waals surface area contributed by atoms with Gasteiger partial charge in [-0.05, 0) is 50.3 Å². The largest absolute Gasteiger partial charge is 0.399 e. The minimum absolute atomic E-state index is 0.762. The van der Waals surface area contributed by atoms with E-state index in [9.17, 15) is 0 Å². The highest BCUT2D eigenvalue weighted by Gasteiger charge is 2.28. The number of nitrogens with zero attached hydrogens (tertiary/aromatic N) is 3. The Morgan fingerprint density at radius 1 is 1.08 bits per heavy atom. The normalized spacial score (nSPS) is 15.5. The molecule has 2 aromatic carbocycles. The van der Waals surface area contributed by atoms with Crippen molar-refractivity contribution in [2.24, 2.45) is 10.7 Å². The molecule has 4 nitrogen and oxygen atoms in total. The van der Waals surface area contributed by atoms with Gasteiger partial charge in [0.25, 0.3) is 0 Å². The number of para-hydroxylation sites is 1. The Morgan fingerprint density at radius 3 is 2.58 bits per heavy atom. The molecular weight excluding hydrogens is 320 g/mol. The van der Waals surface area contributed by atoms with Gasteiger partial charge in [0.15, 0.2) is 0 Å². The Labute approximate surface area is 155 Å². The lowest BCUT2D eigenvalue weighted by Crippen LogP contribution is -2.29. The number of nitrogens with two attached hydrogens (primary N) is 1. The summed E-state index contributed by atoms with van der Waals surface area (Å²) in [6.45, 7) is 6.33. The van der Waals surface area contributed by atoms with Gasteiger partial charge in [-0.15, -0.1) is 0 Å². The molecule has 1 aliphatic heterocycles. The highest BCUT2D eigenvalue weighted by molar-refractivity contribution is 6.12. The zero-order valence-electron chi connectivity index (χ0n) is 15.3. The summed E-state index contributed by atoms with van der Waals surface area (Å²) in [6.07, 6.45) is 4.82. The molecule has 0 atom stereocenters. The van der Waals surface area contributed by atoms with E-state index >= 15 is 0 Å². The molecule has 0 spiro atoms. The lowest BCUT2D eigenvalue weighted by molar-refractivity contribution is 0.866. The first kappa shape index (κ1) is 16.5. The molecule has 0 aromatic heterocycles. The molecule has 132 valence electrons. The fraction of sp³-hybridized carbons (Fsp3) is 0.227. The number of rotatable bonds is 4. The summed E-state index contributed by atoms with van der Waals surface area (Å²) in [5.41, 5.74) is 13.5. The van der Waals surface area contributed by atoms with Crippen LogP contribution in [0.2, 0.25) is 0 Å². The van der Waals surface area contributed by atoms with Crippen LogP contribution in [0.5, 0.6) is 0 Å². The molecule has 0 radical (unpaired) electrons. The van der Waals surface area contributed by atoms with Crippen molar-refractivity contribution >= 4 is 28.5 Å². The van der Waals surface area contributed by atoms with Gasteiger partial charge in [-0.2, -0.15) is 0 Å². The van der Waals surface area contributed by atoms with Crippen molar-refractivity contribution in [3.63, 3.8) is 0 Å². The van der Waals surface area contributed by atoms with E-state index in [1.54, 1.807) is 0 Å². The minimum Gasteiger partial charge on any atom is -0.399 e. The number of fused-ring (bicyclic) bond motifs is 2. The molecule has 0 amide bonds. The van der Waals surface area contributed by atoms with Crippen molar-refractivity contribution < 1.29 is 0 Å². The van der Waals surface area contributed by atoms with Gasteiger partial charge < -0.3 is 15.5 Å². The van der Waals surface area contributed by atoms with Crippen molar-refractivity contribution in [3.8, 4) is 0 Å². The van der Waals surface area contributed by atoms with E-state index in [2.05, 4.69) is 66.1 Å². The summed E-state index contributed by atoms with van der Waals surface area (Å²) < 4.78 is 0. The maximum absolute atomic E-state index is 6.12. The summed E-state index contributed by atoms with van der Waals surface area (Å²) >= 11 is 0. The predicted molar refractivity (Wildman–Crippen MR) is 111 cm³/mol. The Kier molecular flexibility index (Phi) is 4.25. The molecular formula is C22H24N4. The number of allylic oxidation sites excluding steroid dienone is 3. The molecule has 4 rings (SSSR count). The van der Waals surface area contributed by atoms with Crippen molar-refractivity contribution in [2.75, 3.05) is 22.9 Å². The third kappa shape index (κ3) is 2.77. The average Bonchev–Trinajstić information content (AvgIpc) is 2.68. The van der Waals surface area contributed by atoms with E-state index in [1.165, 1.54) is 5.69 Å². The van der Waals surface area contributed by atoms with Crippen LogP contribution >= 0.6 is 0 Å². The van der Waals surface area contributed by atoms with Crippen LogP contribution in [-0.4, -0.2) is 18.8 Å². The summed E-state index contributed by atoms with van der Waals surface area (Å²) in [7, 11) is 0. The van der Waals surface area contributed by atoms with Crippen LogP contribution < -0.4 is 15.5 Å². The lowest BCUT2D eigenvalue weighted by atomic mass is 10.0. The number of benzene rings is 2. The van der Waals surface area contributed by atoms with E-state index < -0.39 is 0 Å². The second-order valence-corrected chi connectivity index (χ2v) is 6.51. The topological polar surface area (TPSA) is 44.9 Å². The van der Waals surface area contributed by atoms with E-state index in [1.807, 2.05) is 18.2 Å². The molecule has 2 N–H and O–H groups in total. The molecule has 2 aromatic rings. The number of hydrogen-bond donors (Lipinski definition) is 1. The average molecular weight is 344 g/mol. The highest BCUT2D eigenvalue weighted by Crippen LogP contribution is 2.44. The van der Waals surface area contributed by atoms with E-state index in [0.717, 1.165) is 53.7 Å². The summed E-state index contributed by atoms with van der Waals surface area (Å²) in [6, 6.07) is 17.0. The van der Waals surface area contributed by atoms with Crippen LogP contribution in [0.25, 0.3) is 0 Å². The lowest BCUT2D eigenvalue weighted by Gasteiger charge is -2.35. The Bertz CT molecular complexity index is 905. The quantitative estimate of drug-likeness (QED) is 0.859. The maximum atomic E-state index is 6.12. The number of hydrogen-bond acceptors (Lipinski definition) is 4. The fourth-order valence-corrected chi connectivity index (χ4v) is 3.62. The van der Waals surface area contributed by atoms with Crippen LogP contribution in [0.3, 0.4) is 0 Å². The molecule has 4 heteroatoms. The summed E-state index contributed by atoms with van der Waals surface area (Å²) in [5, 5.41) is 0. The van der Waals surface area contributed by atoms with Gasteiger partial charge in [-0.3, -0.25) is 0 Å². The smallest absolute Gasteiger partial charge is 0.0876 e. The summed E-state index contributed by atoms with van der Waals surface area (Å²) in [4.78, 5) is 9.55. The molecule has 2 aliphatic rings. The van der Waals surface area contributed by atoms with Crippen molar-refractivity contribution in [3.05, 3.63) is 72.1 Å². The minimum atomic E-state index is 0.762. The molecule has 26 heavy (non-hydrogen) atoms. The Morgan fingerprint density at radius 2 is 1.85 bits per heavy atom. The number of anilines is 3. The van der Waals surface area contributed by atoms with Gasteiger partial charge in [-0.1, -0.05) is 24.3 Å². The van der Waals surface area contributed by atoms with Crippen molar-refractivity contribution in [1.82, 2.24) is 0 Å².